The summed E-state index contributed by atoms with van der Waals surface area (Å²) in [5, 5.41) is 3.57. The van der Waals surface area contributed by atoms with Crippen molar-refractivity contribution in [3.05, 3.63) is 22.2 Å². The average Bonchev–Trinajstić information content (AvgIpc) is 2.79. The first kappa shape index (κ1) is 16.9. The quantitative estimate of drug-likeness (QED) is 0.615. The number of benzene rings is 1. The van der Waals surface area contributed by atoms with Crippen LogP contribution in [0.15, 0.2) is 16.6 Å². The summed E-state index contributed by atoms with van der Waals surface area (Å²) in [6, 6.07) is 4.15. The number of nitrogens with zero attached hydrogens (tertiary/aromatic N) is 1. The largest absolute Gasteiger partial charge is 0.301 e. The van der Waals surface area contributed by atoms with Gasteiger partial charge < -0.3 is 5.32 Å². The summed E-state index contributed by atoms with van der Waals surface area (Å²) in [6.07, 6.45) is 1.78. The van der Waals surface area contributed by atoms with E-state index in [1.807, 2.05) is 6.07 Å². The molecule has 0 aliphatic rings. The zero-order valence-electron chi connectivity index (χ0n) is 12.2. The van der Waals surface area contributed by atoms with Gasteiger partial charge in [-0.1, -0.05) is 70.4 Å². The number of nitrogens with one attached hydrogen (secondary N) is 1. The maximum atomic E-state index is 12.1. The molecule has 1 N–H and O–H groups in total. The van der Waals surface area contributed by atoms with E-state index in [1.54, 1.807) is 0 Å². The van der Waals surface area contributed by atoms with E-state index in [-0.39, 0.29) is 10.7 Å². The van der Waals surface area contributed by atoms with Crippen molar-refractivity contribution < 1.29 is 4.79 Å². The van der Waals surface area contributed by atoms with Crippen molar-refractivity contribution in [2.75, 3.05) is 5.32 Å². The Bertz CT molecular complexity index is 654. The van der Waals surface area contributed by atoms with Crippen molar-refractivity contribution >= 4 is 64.5 Å². The van der Waals surface area contributed by atoms with Gasteiger partial charge in [0.2, 0.25) is 5.91 Å². The van der Waals surface area contributed by atoms with Gasteiger partial charge in [-0.3, -0.25) is 4.79 Å². The van der Waals surface area contributed by atoms with E-state index in [9.17, 15) is 4.79 Å². The lowest BCUT2D eigenvalue weighted by Crippen LogP contribution is -2.22. The smallest absolute Gasteiger partial charge is 0.239 e. The summed E-state index contributed by atoms with van der Waals surface area (Å²) < 4.78 is 2.13. The third-order valence-corrected chi connectivity index (χ3v) is 5.42. The van der Waals surface area contributed by atoms with Gasteiger partial charge in [0.15, 0.2) is 5.13 Å². The van der Waals surface area contributed by atoms with E-state index < -0.39 is 0 Å². The van der Waals surface area contributed by atoms with E-state index in [4.69, 9.17) is 0 Å². The second kappa shape index (κ2) is 7.20. The summed E-state index contributed by atoms with van der Waals surface area (Å²) in [5.74, 6) is 0.362. The first-order valence-corrected chi connectivity index (χ1v) is 9.49. The average molecular weight is 434 g/mol. The maximum Gasteiger partial charge on any atom is 0.239 e. The van der Waals surface area contributed by atoms with Crippen LogP contribution in [0.4, 0.5) is 5.13 Å². The Balaban J connectivity index is 2.31. The molecular weight excluding hydrogens is 416 g/mol. The molecule has 6 heteroatoms. The number of hydrogen-bond donors (Lipinski definition) is 1. The van der Waals surface area contributed by atoms with Gasteiger partial charge in [0, 0.05) is 4.47 Å². The predicted octanol–water partition coefficient (Wildman–Crippen LogP) is 5.68. The van der Waals surface area contributed by atoms with Gasteiger partial charge in [-0.15, -0.1) is 0 Å². The molecule has 1 amide bonds. The molecule has 1 aromatic heterocycles. The number of halogens is 2. The standard InChI is InChI=1S/C15H18Br2N2OS/c1-4-5-11(17)14(20)19-15-18-13-10(8(2)3)6-9(16)7-12(13)21-15/h6-8,11H,4-5H2,1-3H3,(H,18,19,20). The Morgan fingerprint density at radius 3 is 2.76 bits per heavy atom. The van der Waals surface area contributed by atoms with Crippen LogP contribution in [-0.4, -0.2) is 15.7 Å². The molecule has 0 aliphatic carbocycles. The van der Waals surface area contributed by atoms with E-state index in [2.05, 4.69) is 69.0 Å². The lowest BCUT2D eigenvalue weighted by atomic mass is 10.0. The van der Waals surface area contributed by atoms with Crippen LogP contribution >= 0.6 is 43.2 Å². The number of hydrogen-bond acceptors (Lipinski definition) is 3. The van der Waals surface area contributed by atoms with Crippen LogP contribution < -0.4 is 5.32 Å². The molecule has 1 heterocycles. The molecule has 0 bridgehead atoms. The highest BCUT2D eigenvalue weighted by Gasteiger charge is 2.17. The SMILES string of the molecule is CCCC(Br)C(=O)Nc1nc2c(C(C)C)cc(Br)cc2s1. The van der Waals surface area contributed by atoms with Crippen molar-refractivity contribution in [1.29, 1.82) is 0 Å². The molecule has 1 atom stereocenters. The summed E-state index contributed by atoms with van der Waals surface area (Å²) >= 11 is 8.46. The molecule has 2 aromatic rings. The Morgan fingerprint density at radius 2 is 2.14 bits per heavy atom. The number of fused-ring (bicyclic) bond motifs is 1. The van der Waals surface area contributed by atoms with Crippen molar-refractivity contribution in [3.8, 4) is 0 Å². The first-order valence-electron chi connectivity index (χ1n) is 6.97. The summed E-state index contributed by atoms with van der Waals surface area (Å²) in [7, 11) is 0. The Morgan fingerprint density at radius 1 is 1.43 bits per heavy atom. The number of rotatable bonds is 5. The summed E-state index contributed by atoms with van der Waals surface area (Å²) in [5.41, 5.74) is 2.18. The molecule has 1 aromatic carbocycles. The van der Waals surface area contributed by atoms with Crippen molar-refractivity contribution in [1.82, 2.24) is 4.98 Å². The van der Waals surface area contributed by atoms with Gasteiger partial charge in [0.05, 0.1) is 15.0 Å². The third-order valence-electron chi connectivity index (χ3n) is 3.17. The normalized spacial score (nSPS) is 12.9. The van der Waals surface area contributed by atoms with Crippen molar-refractivity contribution in [2.45, 2.75) is 44.4 Å². The zero-order chi connectivity index (χ0) is 15.6. The molecule has 2 rings (SSSR count). The molecule has 0 aliphatic heterocycles. The number of aromatic nitrogens is 1. The monoisotopic (exact) mass is 432 g/mol. The molecule has 0 saturated carbocycles. The number of anilines is 1. The Kier molecular flexibility index (Phi) is 5.80. The molecule has 0 saturated heterocycles. The van der Waals surface area contributed by atoms with E-state index in [1.165, 1.54) is 16.9 Å². The van der Waals surface area contributed by atoms with Gasteiger partial charge in [-0.2, -0.15) is 0 Å². The number of carbonyl (C=O) groups is 1. The molecule has 21 heavy (non-hydrogen) atoms. The molecule has 3 nitrogen and oxygen atoms in total. The molecule has 1 unspecified atom stereocenters. The predicted molar refractivity (Wildman–Crippen MR) is 97.7 cm³/mol. The number of thiazole rings is 1. The second-order valence-corrected chi connectivity index (χ2v) is 8.31. The van der Waals surface area contributed by atoms with Crippen LogP contribution in [0.2, 0.25) is 0 Å². The van der Waals surface area contributed by atoms with Crippen LogP contribution in [0.25, 0.3) is 10.2 Å². The maximum absolute atomic E-state index is 12.1. The number of amides is 1. The highest BCUT2D eigenvalue weighted by atomic mass is 79.9. The van der Waals surface area contributed by atoms with Crippen LogP contribution in [-0.2, 0) is 4.79 Å². The third kappa shape index (κ3) is 4.05. The second-order valence-electron chi connectivity index (χ2n) is 5.26. The van der Waals surface area contributed by atoms with Crippen molar-refractivity contribution in [3.63, 3.8) is 0 Å². The molecule has 0 radical (unpaired) electrons. The van der Waals surface area contributed by atoms with Crippen LogP contribution in [0, 0.1) is 0 Å². The van der Waals surface area contributed by atoms with Gasteiger partial charge in [-0.25, -0.2) is 4.98 Å². The van der Waals surface area contributed by atoms with E-state index in [0.29, 0.717) is 11.0 Å². The van der Waals surface area contributed by atoms with Gasteiger partial charge in [0.1, 0.15) is 0 Å². The fourth-order valence-electron chi connectivity index (χ4n) is 2.08. The van der Waals surface area contributed by atoms with Gasteiger partial charge in [-0.05, 0) is 30.0 Å². The number of carbonyl (C=O) groups excluding carboxylic acids is 1. The first-order chi connectivity index (χ1) is 9.92. The van der Waals surface area contributed by atoms with Gasteiger partial charge >= 0.3 is 0 Å². The van der Waals surface area contributed by atoms with Crippen molar-refractivity contribution in [2.24, 2.45) is 0 Å². The van der Waals surface area contributed by atoms with E-state index in [0.717, 1.165) is 27.5 Å². The minimum Gasteiger partial charge on any atom is -0.301 e. The minimum absolute atomic E-state index is 0.0268. The minimum atomic E-state index is -0.161. The molecule has 0 spiro atoms. The zero-order valence-corrected chi connectivity index (χ0v) is 16.2. The van der Waals surface area contributed by atoms with Gasteiger partial charge in [0.25, 0.3) is 0 Å². The lowest BCUT2D eigenvalue weighted by Gasteiger charge is -2.07. The highest BCUT2D eigenvalue weighted by molar-refractivity contribution is 9.10. The lowest BCUT2D eigenvalue weighted by molar-refractivity contribution is -0.115. The Labute approximate surface area is 145 Å². The van der Waals surface area contributed by atoms with Crippen LogP contribution in [0.3, 0.4) is 0 Å². The molecule has 114 valence electrons. The topological polar surface area (TPSA) is 42.0 Å². The van der Waals surface area contributed by atoms with Crippen LogP contribution in [0.5, 0.6) is 0 Å². The fourth-order valence-corrected chi connectivity index (χ4v) is 4.22. The Hall–Kier alpha value is -0.460. The highest BCUT2D eigenvalue weighted by Crippen LogP contribution is 2.34. The molecular formula is C15H18Br2N2OS. The summed E-state index contributed by atoms with van der Waals surface area (Å²) in [6.45, 7) is 6.36. The summed E-state index contributed by atoms with van der Waals surface area (Å²) in [4.78, 5) is 16.5. The number of alkyl halides is 1. The van der Waals surface area contributed by atoms with E-state index >= 15 is 0 Å². The van der Waals surface area contributed by atoms with Crippen LogP contribution in [0.1, 0.15) is 45.1 Å². The fraction of sp³-hybridized carbons (Fsp3) is 0.467. The molecule has 0 fully saturated rings.